The van der Waals surface area contributed by atoms with Gasteiger partial charge < -0.3 is 27.4 Å². The second kappa shape index (κ2) is 7.81. The summed E-state index contributed by atoms with van der Waals surface area (Å²) in [4.78, 5) is 13.5. The number of carbonyl (C=O) groups excluding carboxylic acids is 1. The number of halogens is 1. The molecule has 0 radical (unpaired) electrons. The summed E-state index contributed by atoms with van der Waals surface area (Å²) in [6, 6.07) is 8.13. The molecular weight excluding hydrogens is 264 g/mol. The van der Waals surface area contributed by atoms with Crippen molar-refractivity contribution < 1.29 is 27.3 Å². The van der Waals surface area contributed by atoms with Gasteiger partial charge in [-0.25, -0.2) is 4.79 Å². The summed E-state index contributed by atoms with van der Waals surface area (Å²) in [5, 5.41) is 2.32. The summed E-state index contributed by atoms with van der Waals surface area (Å²) in [5.74, 6) is -0.322. The van der Waals surface area contributed by atoms with Crippen LogP contribution in [0.5, 0.6) is 0 Å². The fourth-order valence-corrected chi connectivity index (χ4v) is 2.13. The van der Waals surface area contributed by atoms with Gasteiger partial charge in [0.05, 0.1) is 33.3 Å². The Labute approximate surface area is 119 Å². The Balaban J connectivity index is 0.00000180. The van der Waals surface area contributed by atoms with Gasteiger partial charge in [-0.2, -0.15) is 0 Å². The van der Waals surface area contributed by atoms with Gasteiger partial charge in [0.2, 0.25) is 0 Å². The number of rotatable bonds is 3. The van der Waals surface area contributed by atoms with E-state index in [1.165, 1.54) is 18.9 Å². The van der Waals surface area contributed by atoms with E-state index in [9.17, 15) is 4.79 Å². The zero-order chi connectivity index (χ0) is 12.8. The maximum absolute atomic E-state index is 11.1. The second-order valence-corrected chi connectivity index (χ2v) is 4.27. The van der Waals surface area contributed by atoms with E-state index in [2.05, 4.69) is 21.0 Å². The summed E-state index contributed by atoms with van der Waals surface area (Å²) >= 11 is 0. The average Bonchev–Trinajstić information content (AvgIpc) is 2.46. The predicted octanol–water partition coefficient (Wildman–Crippen LogP) is -2.74. The summed E-state index contributed by atoms with van der Waals surface area (Å²) in [5.41, 5.74) is 2.25. The minimum absolute atomic E-state index is 0. The number of benzene rings is 1. The highest BCUT2D eigenvalue weighted by molar-refractivity contribution is 5.88. The van der Waals surface area contributed by atoms with E-state index in [-0.39, 0.29) is 18.4 Å². The quantitative estimate of drug-likeness (QED) is 0.483. The van der Waals surface area contributed by atoms with Crippen molar-refractivity contribution in [3.63, 3.8) is 0 Å². The lowest BCUT2D eigenvalue weighted by atomic mass is 10.1. The van der Waals surface area contributed by atoms with Gasteiger partial charge in [-0.05, 0) is 17.7 Å². The number of carbonyl (C=O) groups is 1. The Hall–Kier alpha value is -1.52. The van der Waals surface area contributed by atoms with Crippen molar-refractivity contribution in [2.24, 2.45) is 0 Å². The van der Waals surface area contributed by atoms with Crippen LogP contribution >= 0.6 is 0 Å². The first-order valence-electron chi connectivity index (χ1n) is 6.23. The minimum atomic E-state index is -0.322. The molecular formula is C14H19ClN2O2. The molecule has 1 aliphatic heterocycles. The minimum Gasteiger partial charge on any atom is -1.00 e. The molecule has 1 aliphatic rings. The Morgan fingerprint density at radius 2 is 2.00 bits per heavy atom. The van der Waals surface area contributed by atoms with Gasteiger partial charge in [0.1, 0.15) is 0 Å². The SMILES string of the molecule is COC(=O)/C=C/c1ccccc1N1CC[NH2+]CC1.[Cl-]. The van der Waals surface area contributed by atoms with E-state index in [0.717, 1.165) is 31.7 Å². The molecule has 0 aromatic heterocycles. The number of para-hydroxylation sites is 1. The number of ether oxygens (including phenoxy) is 1. The lowest BCUT2D eigenvalue weighted by Gasteiger charge is -2.28. The largest absolute Gasteiger partial charge is 1.00 e. The third kappa shape index (κ3) is 4.26. The van der Waals surface area contributed by atoms with Gasteiger partial charge >= 0.3 is 5.97 Å². The lowest BCUT2D eigenvalue weighted by molar-refractivity contribution is -0.655. The number of hydrogen-bond acceptors (Lipinski definition) is 3. The van der Waals surface area contributed by atoms with Crippen molar-refractivity contribution in [2.45, 2.75) is 0 Å². The molecule has 1 aromatic carbocycles. The first kappa shape index (κ1) is 15.5. The van der Waals surface area contributed by atoms with E-state index in [4.69, 9.17) is 0 Å². The average molecular weight is 283 g/mol. The van der Waals surface area contributed by atoms with Crippen LogP contribution < -0.4 is 22.6 Å². The number of nitrogens with two attached hydrogens (primary N) is 1. The fraction of sp³-hybridized carbons (Fsp3) is 0.357. The molecule has 1 aromatic rings. The van der Waals surface area contributed by atoms with Crippen LogP contribution in [0.1, 0.15) is 5.56 Å². The third-order valence-electron chi connectivity index (χ3n) is 3.08. The van der Waals surface area contributed by atoms with E-state index in [0.29, 0.717) is 0 Å². The van der Waals surface area contributed by atoms with E-state index in [1.54, 1.807) is 0 Å². The zero-order valence-electron chi connectivity index (χ0n) is 11.0. The maximum Gasteiger partial charge on any atom is 0.330 e. The standard InChI is InChI=1S/C14H18N2O2.ClH/c1-18-14(17)7-6-12-4-2-3-5-13(12)16-10-8-15-9-11-16;/h2-7,15H,8-11H2,1H3;1H/b7-6+;. The van der Waals surface area contributed by atoms with Crippen molar-refractivity contribution in [3.8, 4) is 0 Å². The molecule has 19 heavy (non-hydrogen) atoms. The second-order valence-electron chi connectivity index (χ2n) is 4.27. The highest BCUT2D eigenvalue weighted by Gasteiger charge is 2.14. The molecule has 5 heteroatoms. The van der Waals surface area contributed by atoms with Crippen LogP contribution in [0.3, 0.4) is 0 Å². The van der Waals surface area contributed by atoms with E-state index >= 15 is 0 Å². The van der Waals surface area contributed by atoms with Crippen LogP contribution in [-0.2, 0) is 9.53 Å². The third-order valence-corrected chi connectivity index (χ3v) is 3.08. The molecule has 0 saturated carbocycles. The number of quaternary nitrogens is 1. The fourth-order valence-electron chi connectivity index (χ4n) is 2.13. The number of hydrogen-bond donors (Lipinski definition) is 1. The van der Waals surface area contributed by atoms with Gasteiger partial charge in [-0.15, -0.1) is 0 Å². The van der Waals surface area contributed by atoms with Crippen molar-refractivity contribution in [1.82, 2.24) is 0 Å². The van der Waals surface area contributed by atoms with Gasteiger partial charge in [-0.3, -0.25) is 0 Å². The zero-order valence-corrected chi connectivity index (χ0v) is 11.8. The lowest BCUT2D eigenvalue weighted by Crippen LogP contribution is -3.00. The predicted molar refractivity (Wildman–Crippen MR) is 71.4 cm³/mol. The van der Waals surface area contributed by atoms with Crippen molar-refractivity contribution in [3.05, 3.63) is 35.9 Å². The van der Waals surface area contributed by atoms with Crippen LogP contribution in [0.25, 0.3) is 6.08 Å². The molecule has 0 aliphatic carbocycles. The molecule has 1 saturated heterocycles. The first-order chi connectivity index (χ1) is 8.81. The molecule has 0 bridgehead atoms. The van der Waals surface area contributed by atoms with Crippen LogP contribution in [0.4, 0.5) is 5.69 Å². The Bertz CT molecular complexity index is 443. The van der Waals surface area contributed by atoms with Crippen LogP contribution in [0.2, 0.25) is 0 Å². The summed E-state index contributed by atoms with van der Waals surface area (Å²) in [6.07, 6.45) is 3.29. The van der Waals surface area contributed by atoms with Crippen molar-refractivity contribution in [2.75, 3.05) is 38.2 Å². The number of methoxy groups -OCH3 is 1. The van der Waals surface area contributed by atoms with E-state index in [1.807, 2.05) is 24.3 Å². The molecule has 2 N–H and O–H groups in total. The molecule has 2 rings (SSSR count). The molecule has 0 atom stereocenters. The van der Waals surface area contributed by atoms with Crippen molar-refractivity contribution in [1.29, 1.82) is 0 Å². The normalized spacial score (nSPS) is 15.1. The van der Waals surface area contributed by atoms with E-state index < -0.39 is 0 Å². The molecule has 4 nitrogen and oxygen atoms in total. The monoisotopic (exact) mass is 282 g/mol. The number of esters is 1. The molecule has 0 unspecified atom stereocenters. The highest BCUT2D eigenvalue weighted by atomic mass is 35.5. The highest BCUT2D eigenvalue weighted by Crippen LogP contribution is 2.21. The topological polar surface area (TPSA) is 46.1 Å². The Morgan fingerprint density at radius 3 is 2.68 bits per heavy atom. The van der Waals surface area contributed by atoms with Crippen LogP contribution in [0, 0.1) is 0 Å². The molecule has 1 fully saturated rings. The number of nitrogens with zero attached hydrogens (tertiary/aromatic N) is 1. The number of anilines is 1. The molecule has 0 amide bonds. The maximum atomic E-state index is 11.1. The van der Waals surface area contributed by atoms with Gasteiger partial charge in [0.15, 0.2) is 0 Å². The number of piperazine rings is 1. The van der Waals surface area contributed by atoms with Crippen molar-refractivity contribution >= 4 is 17.7 Å². The van der Waals surface area contributed by atoms with Gasteiger partial charge in [-0.1, -0.05) is 18.2 Å². The molecule has 0 spiro atoms. The Morgan fingerprint density at radius 1 is 1.32 bits per heavy atom. The summed E-state index contributed by atoms with van der Waals surface area (Å²) in [6.45, 7) is 4.33. The summed E-state index contributed by atoms with van der Waals surface area (Å²) < 4.78 is 4.61. The van der Waals surface area contributed by atoms with Gasteiger partial charge in [0.25, 0.3) is 0 Å². The molecule has 104 valence electrons. The van der Waals surface area contributed by atoms with Crippen LogP contribution in [0.15, 0.2) is 30.3 Å². The Kier molecular flexibility index (Phi) is 6.39. The van der Waals surface area contributed by atoms with Crippen LogP contribution in [-0.4, -0.2) is 39.3 Å². The van der Waals surface area contributed by atoms with Gasteiger partial charge in [0, 0.05) is 11.8 Å². The summed E-state index contributed by atoms with van der Waals surface area (Å²) in [7, 11) is 1.39. The molecule has 1 heterocycles. The smallest absolute Gasteiger partial charge is 0.330 e. The first-order valence-corrected chi connectivity index (χ1v) is 6.23.